The summed E-state index contributed by atoms with van der Waals surface area (Å²) in [7, 11) is 0. The van der Waals surface area contributed by atoms with Gasteiger partial charge in [-0.1, -0.05) is 103 Å². The number of ether oxygens (including phenoxy) is 6. The summed E-state index contributed by atoms with van der Waals surface area (Å²) in [4.78, 5) is 39.0. The quantitative estimate of drug-likeness (QED) is 0.0854. The van der Waals surface area contributed by atoms with E-state index in [1.807, 2.05) is 105 Å². The van der Waals surface area contributed by atoms with Crippen molar-refractivity contribution in [1.29, 1.82) is 0 Å². The molecule has 9 nitrogen and oxygen atoms in total. The summed E-state index contributed by atoms with van der Waals surface area (Å²) in [5, 5.41) is 0. The second-order valence-electron chi connectivity index (χ2n) is 15.0. The van der Waals surface area contributed by atoms with Crippen molar-refractivity contribution in [1.82, 2.24) is 0 Å². The van der Waals surface area contributed by atoms with Crippen molar-refractivity contribution in [2.75, 3.05) is 0 Å². The van der Waals surface area contributed by atoms with Crippen LogP contribution in [0.25, 0.3) is 0 Å². The Bertz CT molecular complexity index is 1840. The highest BCUT2D eigenvalue weighted by Crippen LogP contribution is 2.42. The molecule has 0 saturated carbocycles. The normalized spacial score (nSPS) is 13.9. The molecular weight excluding hydrogens is 660 g/mol. The number of benzene rings is 4. The van der Waals surface area contributed by atoms with Gasteiger partial charge < -0.3 is 28.4 Å². The molecule has 0 bridgehead atoms. The van der Waals surface area contributed by atoms with Crippen molar-refractivity contribution >= 4 is 18.3 Å². The third-order valence-corrected chi connectivity index (χ3v) is 8.82. The van der Waals surface area contributed by atoms with Crippen LogP contribution in [-0.2, 0) is 26.0 Å². The highest BCUT2D eigenvalue weighted by atomic mass is 16.7. The maximum absolute atomic E-state index is 13.3. The Morgan fingerprint density at radius 2 is 1.08 bits per heavy atom. The van der Waals surface area contributed by atoms with Crippen LogP contribution < -0.4 is 23.7 Å². The molecule has 4 aromatic rings. The van der Waals surface area contributed by atoms with Gasteiger partial charge in [0.2, 0.25) is 0 Å². The fraction of sp³-hybridized carbons (Fsp3) is 0.372. The molecule has 0 aliphatic carbocycles. The highest BCUT2D eigenvalue weighted by Gasteiger charge is 2.32. The number of esters is 1. The summed E-state index contributed by atoms with van der Waals surface area (Å²) in [6.07, 6.45) is -1.88. The number of carbonyl (C=O) groups excluding carboxylic acids is 3. The van der Waals surface area contributed by atoms with E-state index in [-0.39, 0.29) is 11.5 Å². The van der Waals surface area contributed by atoms with Gasteiger partial charge in [-0.15, -0.1) is 0 Å². The predicted molar refractivity (Wildman–Crippen MR) is 199 cm³/mol. The molecule has 4 rings (SSSR count). The van der Waals surface area contributed by atoms with Gasteiger partial charge >= 0.3 is 18.3 Å². The Morgan fingerprint density at radius 3 is 1.63 bits per heavy atom. The lowest BCUT2D eigenvalue weighted by Crippen LogP contribution is -2.32. The Labute approximate surface area is 307 Å². The van der Waals surface area contributed by atoms with Crippen molar-refractivity contribution in [3.8, 4) is 28.7 Å². The van der Waals surface area contributed by atoms with Crippen molar-refractivity contribution in [2.45, 2.75) is 98.2 Å². The predicted octanol–water partition coefficient (Wildman–Crippen LogP) is 10.7. The molecule has 0 aromatic heterocycles. The lowest BCUT2D eigenvalue weighted by atomic mass is 9.80. The zero-order valence-electron chi connectivity index (χ0n) is 31.8. The van der Waals surface area contributed by atoms with E-state index in [0.717, 1.165) is 11.1 Å². The van der Waals surface area contributed by atoms with E-state index >= 15 is 0 Å². The molecule has 9 heteroatoms. The number of hydrogen-bond donors (Lipinski definition) is 0. The third-order valence-electron chi connectivity index (χ3n) is 8.82. The summed E-state index contributed by atoms with van der Waals surface area (Å²) in [6, 6.07) is 28.1. The first kappa shape index (κ1) is 39.5. The molecule has 0 aliphatic heterocycles. The van der Waals surface area contributed by atoms with E-state index in [0.29, 0.717) is 29.2 Å². The van der Waals surface area contributed by atoms with Crippen LogP contribution in [0.15, 0.2) is 97.1 Å². The molecule has 0 fully saturated rings. The minimum atomic E-state index is -0.980. The molecule has 276 valence electrons. The highest BCUT2D eigenvalue weighted by molar-refractivity contribution is 5.75. The average Bonchev–Trinajstić information content (AvgIpc) is 3.08. The molecule has 0 saturated heterocycles. The zero-order valence-corrected chi connectivity index (χ0v) is 31.8. The van der Waals surface area contributed by atoms with Crippen LogP contribution in [-0.4, -0.2) is 24.4 Å². The van der Waals surface area contributed by atoms with E-state index in [4.69, 9.17) is 28.4 Å². The third kappa shape index (κ3) is 10.4. The van der Waals surface area contributed by atoms with Gasteiger partial charge in [-0.2, -0.15) is 0 Å². The van der Waals surface area contributed by atoms with Crippen LogP contribution >= 0.6 is 0 Å². The molecule has 0 heterocycles. The van der Waals surface area contributed by atoms with Crippen LogP contribution in [0, 0.1) is 5.92 Å². The monoisotopic (exact) mass is 710 g/mol. The maximum Gasteiger partial charge on any atom is 0.519 e. The minimum absolute atomic E-state index is 0.107. The maximum atomic E-state index is 13.3. The van der Waals surface area contributed by atoms with E-state index in [1.54, 1.807) is 55.5 Å². The molecule has 3 atom stereocenters. The SMILES string of the molecule is CCC(C)(OC(=O)Oc1cccc(OC(=O)Oc2cc(C(C)(C)C)c(OC(C)C(C)C(=O)Oc3ccccc3)cc2C(C)(C)C)c1)c1ccccc1. The molecule has 0 N–H and O–H groups in total. The van der Waals surface area contributed by atoms with Crippen molar-refractivity contribution in [3.05, 3.63) is 114 Å². The molecule has 4 aromatic carbocycles. The van der Waals surface area contributed by atoms with Gasteiger partial charge in [0.05, 0.1) is 5.92 Å². The van der Waals surface area contributed by atoms with Gasteiger partial charge in [0.1, 0.15) is 40.5 Å². The van der Waals surface area contributed by atoms with Gasteiger partial charge in [0, 0.05) is 17.2 Å². The molecule has 52 heavy (non-hydrogen) atoms. The van der Waals surface area contributed by atoms with Crippen LogP contribution in [0.3, 0.4) is 0 Å². The van der Waals surface area contributed by atoms with Crippen molar-refractivity contribution in [3.63, 3.8) is 0 Å². The van der Waals surface area contributed by atoms with E-state index in [1.165, 1.54) is 6.07 Å². The number of hydrogen-bond acceptors (Lipinski definition) is 9. The molecule has 0 radical (unpaired) electrons. The van der Waals surface area contributed by atoms with Crippen molar-refractivity contribution in [2.24, 2.45) is 5.92 Å². The summed E-state index contributed by atoms with van der Waals surface area (Å²) in [6.45, 7) is 19.4. The van der Waals surface area contributed by atoms with E-state index in [2.05, 4.69) is 0 Å². The Kier molecular flexibility index (Phi) is 12.4. The Morgan fingerprint density at radius 1 is 0.577 bits per heavy atom. The Balaban J connectivity index is 1.51. The van der Waals surface area contributed by atoms with Gasteiger partial charge in [-0.25, -0.2) is 9.59 Å². The van der Waals surface area contributed by atoms with E-state index < -0.39 is 46.7 Å². The molecular formula is C43H50O9. The van der Waals surface area contributed by atoms with Crippen LogP contribution in [0.1, 0.15) is 92.3 Å². The molecule has 3 unspecified atom stereocenters. The van der Waals surface area contributed by atoms with Gasteiger partial charge in [0.15, 0.2) is 0 Å². The Hall–Kier alpha value is -5.31. The summed E-state index contributed by atoms with van der Waals surface area (Å²) < 4.78 is 34.6. The standard InChI is InChI=1S/C43H50O9/c1-11-43(10,30-19-14-12-15-20-30)52-40(46)50-33-24-18-23-32(25-33)49-39(45)51-37-27-34(41(4,5)6)36(26-35(37)42(7,8)9)47-29(3)28(2)38(44)48-31-21-16-13-17-22-31/h12-29H,11H2,1-10H3. The van der Waals surface area contributed by atoms with Crippen LogP contribution in [0.4, 0.5) is 9.59 Å². The lowest BCUT2D eigenvalue weighted by molar-refractivity contribution is -0.141. The number of carbonyl (C=O) groups is 3. The summed E-state index contributed by atoms with van der Waals surface area (Å²) >= 11 is 0. The van der Waals surface area contributed by atoms with Gasteiger partial charge in [-0.05, 0) is 80.0 Å². The zero-order chi connectivity index (χ0) is 38.3. The second-order valence-corrected chi connectivity index (χ2v) is 15.0. The van der Waals surface area contributed by atoms with Gasteiger partial charge in [-0.3, -0.25) is 4.79 Å². The minimum Gasteiger partial charge on any atom is -0.490 e. The topological polar surface area (TPSA) is 107 Å². The molecule has 0 spiro atoms. The first-order chi connectivity index (χ1) is 24.4. The first-order valence-corrected chi connectivity index (χ1v) is 17.5. The average molecular weight is 711 g/mol. The fourth-order valence-electron chi connectivity index (χ4n) is 5.34. The van der Waals surface area contributed by atoms with E-state index in [9.17, 15) is 14.4 Å². The largest absolute Gasteiger partial charge is 0.519 e. The summed E-state index contributed by atoms with van der Waals surface area (Å²) in [5.41, 5.74) is 0.490. The lowest BCUT2D eigenvalue weighted by Gasteiger charge is -2.30. The smallest absolute Gasteiger partial charge is 0.490 e. The number of rotatable bonds is 11. The molecule has 0 amide bonds. The van der Waals surface area contributed by atoms with Crippen molar-refractivity contribution < 1.29 is 42.8 Å². The number of para-hydroxylation sites is 1. The second kappa shape index (κ2) is 16.4. The van der Waals surface area contributed by atoms with Gasteiger partial charge in [0.25, 0.3) is 0 Å². The first-order valence-electron chi connectivity index (χ1n) is 17.5. The van der Waals surface area contributed by atoms with Crippen LogP contribution in [0.5, 0.6) is 28.7 Å². The molecule has 0 aliphatic rings. The fourth-order valence-corrected chi connectivity index (χ4v) is 5.34. The van der Waals surface area contributed by atoms with Crippen LogP contribution in [0.2, 0.25) is 0 Å². The summed E-state index contributed by atoms with van der Waals surface area (Å²) in [5.74, 6) is 0.569.